The fraction of sp³-hybridized carbons (Fsp3) is 0.375. The zero-order chi connectivity index (χ0) is 22.4. The average molecular weight is 424 g/mol. The minimum atomic E-state index is -0.671. The van der Waals surface area contributed by atoms with E-state index in [0.29, 0.717) is 30.9 Å². The molecule has 1 saturated heterocycles. The van der Waals surface area contributed by atoms with Crippen LogP contribution in [0.3, 0.4) is 0 Å². The number of aliphatic hydroxyl groups excluding tert-OH is 1. The molecule has 3 rings (SSSR count). The van der Waals surface area contributed by atoms with Crippen LogP contribution in [0.25, 0.3) is 5.76 Å². The predicted molar refractivity (Wildman–Crippen MR) is 119 cm³/mol. The Hall–Kier alpha value is -3.19. The van der Waals surface area contributed by atoms with Gasteiger partial charge in [-0.1, -0.05) is 6.92 Å². The van der Waals surface area contributed by atoms with Gasteiger partial charge < -0.3 is 19.6 Å². The standard InChI is InChI=1S/C24H29N3O4/c1-4-16-31-19-8-6-18(7-9-19)22(28)20-21(17-10-12-25-13-11-17)27(24(30)23(20)29)15-5-14-26(2)3/h6-13,21,28H,4-5,14-16H2,1-3H3/b22-20+/t21-/m1/s1. The highest BCUT2D eigenvalue weighted by atomic mass is 16.5. The molecule has 0 unspecified atom stereocenters. The van der Waals surface area contributed by atoms with Crippen LogP contribution in [0.15, 0.2) is 54.4 Å². The minimum Gasteiger partial charge on any atom is -0.507 e. The monoisotopic (exact) mass is 423 g/mol. The zero-order valence-corrected chi connectivity index (χ0v) is 18.2. The van der Waals surface area contributed by atoms with Gasteiger partial charge in [0.1, 0.15) is 11.5 Å². The molecule has 0 aliphatic carbocycles. The molecule has 1 aromatic carbocycles. The predicted octanol–water partition coefficient (Wildman–Crippen LogP) is 3.24. The van der Waals surface area contributed by atoms with Crippen LogP contribution in [0.4, 0.5) is 0 Å². The largest absolute Gasteiger partial charge is 0.507 e. The van der Waals surface area contributed by atoms with E-state index in [4.69, 9.17) is 4.74 Å². The van der Waals surface area contributed by atoms with Crippen molar-refractivity contribution in [1.82, 2.24) is 14.8 Å². The van der Waals surface area contributed by atoms with Crippen molar-refractivity contribution >= 4 is 17.4 Å². The molecule has 0 bridgehead atoms. The van der Waals surface area contributed by atoms with Crippen molar-refractivity contribution in [1.29, 1.82) is 0 Å². The second-order valence-electron chi connectivity index (χ2n) is 7.80. The molecule has 0 saturated carbocycles. The van der Waals surface area contributed by atoms with Gasteiger partial charge in [0.15, 0.2) is 0 Å². The molecule has 1 aliphatic rings. The number of amides is 1. The van der Waals surface area contributed by atoms with Crippen molar-refractivity contribution in [3.05, 3.63) is 65.5 Å². The fourth-order valence-corrected chi connectivity index (χ4v) is 3.64. The summed E-state index contributed by atoms with van der Waals surface area (Å²) >= 11 is 0. The lowest BCUT2D eigenvalue weighted by Gasteiger charge is -2.25. The van der Waals surface area contributed by atoms with Gasteiger partial charge in [0.25, 0.3) is 11.7 Å². The number of likely N-dealkylation sites (tertiary alicyclic amines) is 1. The first kappa shape index (κ1) is 22.5. The van der Waals surface area contributed by atoms with Crippen LogP contribution in [0.1, 0.15) is 36.9 Å². The van der Waals surface area contributed by atoms with E-state index < -0.39 is 17.7 Å². The normalized spacial score (nSPS) is 18.1. The highest BCUT2D eigenvalue weighted by Gasteiger charge is 2.45. The van der Waals surface area contributed by atoms with E-state index in [9.17, 15) is 14.7 Å². The molecule has 164 valence electrons. The number of ether oxygens (including phenoxy) is 1. The van der Waals surface area contributed by atoms with Crippen molar-refractivity contribution in [2.75, 3.05) is 33.8 Å². The summed E-state index contributed by atoms with van der Waals surface area (Å²) in [5, 5.41) is 11.1. The van der Waals surface area contributed by atoms with Crippen LogP contribution in [0, 0.1) is 0 Å². The maximum absolute atomic E-state index is 13.0. The number of nitrogens with zero attached hydrogens (tertiary/aromatic N) is 3. The molecule has 1 aliphatic heterocycles. The molecule has 1 fully saturated rings. The van der Waals surface area contributed by atoms with Crippen LogP contribution >= 0.6 is 0 Å². The zero-order valence-electron chi connectivity index (χ0n) is 18.2. The molecule has 0 radical (unpaired) electrons. The van der Waals surface area contributed by atoms with Gasteiger partial charge in [-0.25, -0.2) is 0 Å². The van der Waals surface area contributed by atoms with E-state index >= 15 is 0 Å². The van der Waals surface area contributed by atoms with Gasteiger partial charge in [-0.05, 0) is 75.4 Å². The molecule has 2 heterocycles. The Bertz CT molecular complexity index is 939. The highest BCUT2D eigenvalue weighted by Crippen LogP contribution is 2.39. The number of hydrogen-bond donors (Lipinski definition) is 1. The smallest absolute Gasteiger partial charge is 0.295 e. The Morgan fingerprint density at radius 1 is 1.13 bits per heavy atom. The van der Waals surface area contributed by atoms with Crippen molar-refractivity contribution < 1.29 is 19.4 Å². The highest BCUT2D eigenvalue weighted by molar-refractivity contribution is 6.46. The number of carbonyl (C=O) groups excluding carboxylic acids is 2. The summed E-state index contributed by atoms with van der Waals surface area (Å²) in [6, 6.07) is 9.78. The third kappa shape index (κ3) is 5.11. The van der Waals surface area contributed by atoms with Crippen molar-refractivity contribution in [2.24, 2.45) is 0 Å². The number of aliphatic hydroxyl groups is 1. The number of hydrogen-bond acceptors (Lipinski definition) is 6. The lowest BCUT2D eigenvalue weighted by molar-refractivity contribution is -0.139. The molecular formula is C24H29N3O4. The van der Waals surface area contributed by atoms with E-state index in [2.05, 4.69) is 4.98 Å². The lowest BCUT2D eigenvalue weighted by atomic mass is 9.96. The third-order valence-corrected chi connectivity index (χ3v) is 5.17. The Kier molecular flexibility index (Phi) is 7.41. The number of pyridine rings is 1. The van der Waals surface area contributed by atoms with Gasteiger partial charge in [0, 0.05) is 24.5 Å². The summed E-state index contributed by atoms with van der Waals surface area (Å²) in [4.78, 5) is 33.4. The maximum Gasteiger partial charge on any atom is 0.295 e. The van der Waals surface area contributed by atoms with Crippen LogP contribution in [-0.2, 0) is 9.59 Å². The second-order valence-corrected chi connectivity index (χ2v) is 7.80. The van der Waals surface area contributed by atoms with Crippen molar-refractivity contribution in [2.45, 2.75) is 25.8 Å². The second kappa shape index (κ2) is 10.2. The summed E-state index contributed by atoms with van der Waals surface area (Å²) in [5.41, 5.74) is 1.31. The molecule has 7 heteroatoms. The van der Waals surface area contributed by atoms with Gasteiger partial charge in [0.2, 0.25) is 0 Å². The van der Waals surface area contributed by atoms with Crippen molar-refractivity contribution in [3.63, 3.8) is 0 Å². The number of benzene rings is 1. The van der Waals surface area contributed by atoms with Crippen LogP contribution in [-0.4, -0.2) is 65.4 Å². The molecule has 2 aromatic rings. The summed E-state index contributed by atoms with van der Waals surface area (Å²) in [6.07, 6.45) is 4.85. The van der Waals surface area contributed by atoms with Gasteiger partial charge in [-0.2, -0.15) is 0 Å². The molecule has 0 spiro atoms. The maximum atomic E-state index is 13.0. The summed E-state index contributed by atoms with van der Waals surface area (Å²) < 4.78 is 5.59. The number of Topliss-reactive ketones (excluding diaryl/α,β-unsaturated/α-hetero) is 1. The van der Waals surface area contributed by atoms with Gasteiger partial charge in [0.05, 0.1) is 18.2 Å². The number of carbonyl (C=O) groups is 2. The SMILES string of the molecule is CCCOc1ccc(/C(O)=C2\C(=O)C(=O)N(CCCN(C)C)[C@@H]2c2ccncc2)cc1. The molecule has 1 aromatic heterocycles. The van der Waals surface area contributed by atoms with Crippen LogP contribution in [0.5, 0.6) is 5.75 Å². The van der Waals surface area contributed by atoms with E-state index in [1.807, 2.05) is 25.9 Å². The Labute approximate surface area is 183 Å². The van der Waals surface area contributed by atoms with E-state index in [-0.39, 0.29) is 11.3 Å². The van der Waals surface area contributed by atoms with Crippen molar-refractivity contribution in [3.8, 4) is 5.75 Å². The Morgan fingerprint density at radius 3 is 2.42 bits per heavy atom. The summed E-state index contributed by atoms with van der Waals surface area (Å²) in [7, 11) is 3.92. The average Bonchev–Trinajstić information content (AvgIpc) is 3.03. The number of ketones is 1. The molecular weight excluding hydrogens is 394 g/mol. The Balaban J connectivity index is 1.99. The minimum absolute atomic E-state index is 0.100. The van der Waals surface area contributed by atoms with Crippen LogP contribution in [0.2, 0.25) is 0 Å². The van der Waals surface area contributed by atoms with Crippen LogP contribution < -0.4 is 4.74 Å². The third-order valence-electron chi connectivity index (χ3n) is 5.17. The molecule has 1 N–H and O–H groups in total. The van der Waals surface area contributed by atoms with E-state index in [1.165, 1.54) is 0 Å². The first-order valence-corrected chi connectivity index (χ1v) is 10.5. The summed E-state index contributed by atoms with van der Waals surface area (Å²) in [6.45, 7) is 3.82. The molecule has 7 nitrogen and oxygen atoms in total. The number of rotatable bonds is 9. The van der Waals surface area contributed by atoms with Gasteiger partial charge in [-0.3, -0.25) is 14.6 Å². The lowest BCUT2D eigenvalue weighted by Crippen LogP contribution is -2.32. The van der Waals surface area contributed by atoms with E-state index in [1.54, 1.807) is 53.7 Å². The Morgan fingerprint density at radius 2 is 1.81 bits per heavy atom. The van der Waals surface area contributed by atoms with E-state index in [0.717, 1.165) is 18.5 Å². The quantitative estimate of drug-likeness (QED) is 0.379. The summed E-state index contributed by atoms with van der Waals surface area (Å²) in [5.74, 6) is -0.758. The molecule has 1 amide bonds. The number of aromatic nitrogens is 1. The molecule has 1 atom stereocenters. The first-order valence-electron chi connectivity index (χ1n) is 10.5. The van der Waals surface area contributed by atoms with Gasteiger partial charge in [-0.15, -0.1) is 0 Å². The molecule has 31 heavy (non-hydrogen) atoms. The topological polar surface area (TPSA) is 83.0 Å². The first-order chi connectivity index (χ1) is 14.9. The fourth-order valence-electron chi connectivity index (χ4n) is 3.64. The van der Waals surface area contributed by atoms with Gasteiger partial charge >= 0.3 is 0 Å².